The van der Waals surface area contributed by atoms with Crippen LogP contribution in [0.3, 0.4) is 0 Å². The Kier molecular flexibility index (Phi) is 8.14. The van der Waals surface area contributed by atoms with Crippen molar-refractivity contribution in [2.75, 3.05) is 19.7 Å². The first kappa shape index (κ1) is 28.1. The fraction of sp³-hybridized carbons (Fsp3) is 0.808. The number of aliphatic hydroxyl groups excluding tert-OH is 1. The highest BCUT2D eigenvalue weighted by atomic mass is 79.9. The van der Waals surface area contributed by atoms with E-state index in [1.165, 1.54) is 0 Å². The Hall–Kier alpha value is -1.45. The van der Waals surface area contributed by atoms with Crippen LogP contribution in [-0.4, -0.2) is 85.6 Å². The third kappa shape index (κ3) is 5.05. The van der Waals surface area contributed by atoms with Gasteiger partial charge >= 0.3 is 5.97 Å². The van der Waals surface area contributed by atoms with Gasteiger partial charge in [0.2, 0.25) is 11.8 Å². The van der Waals surface area contributed by atoms with Crippen molar-refractivity contribution in [3.63, 3.8) is 0 Å². The molecule has 3 heterocycles. The van der Waals surface area contributed by atoms with Crippen LogP contribution in [0.1, 0.15) is 66.7 Å². The number of carbonyl (C=O) groups is 3. The van der Waals surface area contributed by atoms with Crippen molar-refractivity contribution in [2.24, 2.45) is 17.3 Å². The maximum absolute atomic E-state index is 14.4. The van der Waals surface area contributed by atoms with Gasteiger partial charge in [-0.25, -0.2) is 0 Å². The second kappa shape index (κ2) is 10.1. The third-order valence-electron chi connectivity index (χ3n) is 7.64. The van der Waals surface area contributed by atoms with Gasteiger partial charge in [0.1, 0.15) is 11.6 Å². The van der Waals surface area contributed by atoms with Gasteiger partial charge in [0, 0.05) is 30.1 Å². The van der Waals surface area contributed by atoms with Crippen LogP contribution in [0.5, 0.6) is 0 Å². The van der Waals surface area contributed by atoms with Crippen molar-refractivity contribution >= 4 is 33.7 Å². The minimum atomic E-state index is -1.18. The Bertz CT molecular complexity index is 855. The first-order valence-electron chi connectivity index (χ1n) is 12.6. The summed E-state index contributed by atoms with van der Waals surface area (Å²) >= 11 is 3.59. The van der Waals surface area contributed by atoms with Crippen molar-refractivity contribution < 1.29 is 29.3 Å². The van der Waals surface area contributed by atoms with Crippen LogP contribution in [-0.2, 0) is 19.1 Å². The van der Waals surface area contributed by atoms with E-state index in [1.54, 1.807) is 15.9 Å². The third-order valence-corrected chi connectivity index (χ3v) is 8.48. The Labute approximate surface area is 217 Å². The number of carboxylic acids is 1. The number of halogens is 1. The highest BCUT2D eigenvalue weighted by Gasteiger charge is 2.77. The lowest BCUT2D eigenvalue weighted by Gasteiger charge is -2.45. The van der Waals surface area contributed by atoms with Gasteiger partial charge in [-0.15, -0.1) is 6.58 Å². The second-order valence-corrected chi connectivity index (χ2v) is 13.3. The summed E-state index contributed by atoms with van der Waals surface area (Å²) < 4.78 is 6.37. The zero-order valence-electron chi connectivity index (χ0n) is 21.6. The predicted molar refractivity (Wildman–Crippen MR) is 136 cm³/mol. The Morgan fingerprint density at radius 3 is 2.46 bits per heavy atom. The first-order valence-corrected chi connectivity index (χ1v) is 13.5. The lowest BCUT2D eigenvalue weighted by atomic mass is 9.70. The molecule has 0 aliphatic carbocycles. The van der Waals surface area contributed by atoms with Crippen LogP contribution in [0.25, 0.3) is 0 Å². The molecule has 8 nitrogen and oxygen atoms in total. The fourth-order valence-electron chi connectivity index (χ4n) is 6.81. The number of hydrogen-bond acceptors (Lipinski definition) is 5. The standard InChI is InChI=1S/C26H41BrN2O6/c1-7-11-29(25(5,6)15-24(2,3)4)22(32)20-26-14-16(27)19(35-26)17(23(33)34)18(26)21(31)28(20)12-9-8-10-13-30/h7,16-20,30H,1,8-15H2,2-6H3,(H,33,34)/t16?,17-,18+,19-,20?,26?/m1/s1. The number of hydrogen-bond donors (Lipinski definition) is 2. The minimum absolute atomic E-state index is 0.0445. The van der Waals surface area contributed by atoms with Gasteiger partial charge in [-0.05, 0) is 51.4 Å². The van der Waals surface area contributed by atoms with E-state index in [1.807, 2.05) is 13.8 Å². The van der Waals surface area contributed by atoms with Crippen molar-refractivity contribution in [3.05, 3.63) is 12.7 Å². The van der Waals surface area contributed by atoms with Crippen molar-refractivity contribution in [3.8, 4) is 0 Å². The van der Waals surface area contributed by atoms with E-state index in [-0.39, 0.29) is 28.7 Å². The molecule has 3 aliphatic rings. The van der Waals surface area contributed by atoms with Crippen molar-refractivity contribution in [2.45, 2.75) is 94.8 Å². The summed E-state index contributed by atoms with van der Waals surface area (Å²) in [6.07, 6.45) is 4.11. The molecule has 1 spiro atoms. The molecule has 0 saturated carbocycles. The molecule has 2 bridgehead atoms. The molecule has 3 unspecified atom stereocenters. The number of likely N-dealkylation sites (tertiary alicyclic amines) is 1. The van der Waals surface area contributed by atoms with Crippen LogP contribution < -0.4 is 0 Å². The molecule has 2 amide bonds. The summed E-state index contributed by atoms with van der Waals surface area (Å²) in [4.78, 5) is 43.5. The second-order valence-electron chi connectivity index (χ2n) is 12.1. The van der Waals surface area contributed by atoms with Crippen LogP contribution in [0, 0.1) is 17.3 Å². The fourth-order valence-corrected chi connectivity index (χ4v) is 7.75. The molecule has 3 rings (SSSR count). The summed E-state index contributed by atoms with van der Waals surface area (Å²) in [5, 5.41) is 19.2. The largest absolute Gasteiger partial charge is 0.481 e. The summed E-state index contributed by atoms with van der Waals surface area (Å²) in [7, 11) is 0. The zero-order valence-corrected chi connectivity index (χ0v) is 23.2. The average Bonchev–Trinajstić information content (AvgIpc) is 3.31. The van der Waals surface area contributed by atoms with Gasteiger partial charge in [0.15, 0.2) is 0 Å². The zero-order chi connectivity index (χ0) is 26.3. The normalized spacial score (nSPS) is 32.1. The molecule has 2 N–H and O–H groups in total. The number of aliphatic hydroxyl groups is 1. The van der Waals surface area contributed by atoms with E-state index in [9.17, 15) is 19.5 Å². The van der Waals surface area contributed by atoms with Crippen molar-refractivity contribution in [1.29, 1.82) is 0 Å². The maximum atomic E-state index is 14.4. The number of nitrogens with zero attached hydrogens (tertiary/aromatic N) is 2. The molecule has 198 valence electrons. The lowest BCUT2D eigenvalue weighted by molar-refractivity contribution is -0.153. The van der Waals surface area contributed by atoms with Gasteiger partial charge in [0.25, 0.3) is 0 Å². The molecular weight excluding hydrogens is 516 g/mol. The van der Waals surface area contributed by atoms with Crippen LogP contribution in [0.4, 0.5) is 0 Å². The highest BCUT2D eigenvalue weighted by Crippen LogP contribution is 2.60. The van der Waals surface area contributed by atoms with Gasteiger partial charge in [-0.1, -0.05) is 42.8 Å². The molecule has 0 aromatic carbocycles. The van der Waals surface area contributed by atoms with E-state index in [4.69, 9.17) is 9.84 Å². The minimum Gasteiger partial charge on any atom is -0.481 e. The molecule has 3 fully saturated rings. The summed E-state index contributed by atoms with van der Waals surface area (Å²) in [6.45, 7) is 15.0. The summed E-state index contributed by atoms with van der Waals surface area (Å²) in [5.74, 6) is -3.48. The molecule has 0 radical (unpaired) electrons. The van der Waals surface area contributed by atoms with Gasteiger partial charge in [-0.2, -0.15) is 0 Å². The number of unbranched alkanes of at least 4 members (excludes halogenated alkanes) is 2. The quantitative estimate of drug-likeness (QED) is 0.230. The van der Waals surface area contributed by atoms with Crippen molar-refractivity contribution in [1.82, 2.24) is 9.80 Å². The molecule has 3 aliphatic heterocycles. The maximum Gasteiger partial charge on any atom is 0.310 e. The van der Waals surface area contributed by atoms with E-state index < -0.39 is 41.1 Å². The summed E-state index contributed by atoms with van der Waals surface area (Å²) in [5.41, 5.74) is -1.75. The molecule has 9 heteroatoms. The number of ether oxygens (including phenoxy) is 1. The molecule has 0 aromatic heterocycles. The molecular formula is C26H41BrN2O6. The number of aliphatic carboxylic acids is 1. The Balaban J connectivity index is 2.05. The van der Waals surface area contributed by atoms with E-state index in [0.717, 1.165) is 6.42 Å². The van der Waals surface area contributed by atoms with E-state index in [2.05, 4.69) is 43.3 Å². The molecule has 3 saturated heterocycles. The van der Waals surface area contributed by atoms with Gasteiger partial charge in [0.05, 0.1) is 17.9 Å². The van der Waals surface area contributed by atoms with E-state index >= 15 is 0 Å². The van der Waals surface area contributed by atoms with Gasteiger partial charge < -0.3 is 24.7 Å². The molecule has 6 atom stereocenters. The Morgan fingerprint density at radius 2 is 1.91 bits per heavy atom. The number of amides is 2. The number of carboxylic acid groups (broad SMARTS) is 1. The number of alkyl halides is 1. The molecule has 0 aromatic rings. The lowest BCUT2D eigenvalue weighted by Crippen LogP contribution is -2.61. The topological polar surface area (TPSA) is 107 Å². The monoisotopic (exact) mass is 556 g/mol. The number of carbonyl (C=O) groups excluding carboxylic acids is 2. The smallest absolute Gasteiger partial charge is 0.310 e. The SMILES string of the molecule is C=CCN(C(=O)C1N(CCCCCO)C(=O)[C@@H]2[C@@H](C(=O)O)[C@@H]3OC12CC3Br)C(C)(C)CC(C)(C)C. The summed E-state index contributed by atoms with van der Waals surface area (Å²) in [6, 6.07) is -0.900. The van der Waals surface area contributed by atoms with E-state index in [0.29, 0.717) is 38.8 Å². The predicted octanol–water partition coefficient (Wildman–Crippen LogP) is 3.21. The van der Waals surface area contributed by atoms with Crippen LogP contribution in [0.2, 0.25) is 0 Å². The molecule has 35 heavy (non-hydrogen) atoms. The van der Waals surface area contributed by atoms with Gasteiger partial charge in [-0.3, -0.25) is 14.4 Å². The van der Waals surface area contributed by atoms with Crippen LogP contribution >= 0.6 is 15.9 Å². The number of rotatable bonds is 11. The van der Waals surface area contributed by atoms with Crippen LogP contribution in [0.15, 0.2) is 12.7 Å². The highest BCUT2D eigenvalue weighted by molar-refractivity contribution is 9.09. The first-order chi connectivity index (χ1) is 16.2. The number of fused-ring (bicyclic) bond motifs is 1. The Morgan fingerprint density at radius 1 is 1.26 bits per heavy atom. The average molecular weight is 558 g/mol.